The Kier molecular flexibility index (Phi) is 4.07. The van der Waals surface area contributed by atoms with Gasteiger partial charge in [-0.1, -0.05) is 12.1 Å². The zero-order valence-electron chi connectivity index (χ0n) is 11.9. The molecule has 0 aliphatic carbocycles. The molecule has 0 bridgehead atoms. The van der Waals surface area contributed by atoms with Gasteiger partial charge in [0.2, 0.25) is 5.95 Å². The molecule has 0 saturated carbocycles. The SMILES string of the molecule is N#Cc1ccc(Nc2cnnc(Nc3ccccc3F)n2)cc1. The summed E-state index contributed by atoms with van der Waals surface area (Å²) >= 11 is 0. The number of para-hydroxylation sites is 1. The van der Waals surface area contributed by atoms with Crippen molar-refractivity contribution in [1.29, 1.82) is 5.26 Å². The first-order valence-electron chi connectivity index (χ1n) is 6.73. The molecule has 0 amide bonds. The van der Waals surface area contributed by atoms with Gasteiger partial charge >= 0.3 is 0 Å². The number of benzene rings is 2. The third-order valence-corrected chi connectivity index (χ3v) is 2.97. The van der Waals surface area contributed by atoms with E-state index in [0.717, 1.165) is 5.69 Å². The predicted molar refractivity (Wildman–Crippen MR) is 83.9 cm³/mol. The number of aromatic nitrogens is 3. The van der Waals surface area contributed by atoms with Crippen LogP contribution >= 0.6 is 0 Å². The molecule has 0 aliphatic heterocycles. The van der Waals surface area contributed by atoms with E-state index >= 15 is 0 Å². The van der Waals surface area contributed by atoms with E-state index in [2.05, 4.69) is 25.8 Å². The topological polar surface area (TPSA) is 86.5 Å². The molecule has 2 aromatic carbocycles. The highest BCUT2D eigenvalue weighted by Gasteiger charge is 2.05. The summed E-state index contributed by atoms with van der Waals surface area (Å²) in [5.41, 5.74) is 1.59. The molecule has 23 heavy (non-hydrogen) atoms. The number of nitrogens with zero attached hydrogens (tertiary/aromatic N) is 4. The Balaban J connectivity index is 1.77. The average Bonchev–Trinajstić information content (AvgIpc) is 2.58. The highest BCUT2D eigenvalue weighted by molar-refractivity contribution is 5.59. The maximum Gasteiger partial charge on any atom is 0.249 e. The molecule has 0 radical (unpaired) electrons. The molecule has 0 aliphatic rings. The van der Waals surface area contributed by atoms with Crippen molar-refractivity contribution in [3.63, 3.8) is 0 Å². The molecule has 0 atom stereocenters. The molecular weight excluding hydrogens is 295 g/mol. The molecule has 0 unspecified atom stereocenters. The van der Waals surface area contributed by atoms with Gasteiger partial charge in [0.25, 0.3) is 0 Å². The Morgan fingerprint density at radius 2 is 1.78 bits per heavy atom. The van der Waals surface area contributed by atoms with Gasteiger partial charge in [-0.2, -0.15) is 15.3 Å². The fraction of sp³-hybridized carbons (Fsp3) is 0. The van der Waals surface area contributed by atoms with E-state index < -0.39 is 5.82 Å². The second-order valence-electron chi connectivity index (χ2n) is 4.58. The number of hydrogen-bond donors (Lipinski definition) is 2. The molecule has 0 saturated heterocycles. The van der Waals surface area contributed by atoms with Crippen LogP contribution in [0.15, 0.2) is 54.7 Å². The van der Waals surface area contributed by atoms with Crippen LogP contribution in [0.25, 0.3) is 0 Å². The number of nitriles is 1. The maximum atomic E-state index is 13.6. The van der Waals surface area contributed by atoms with Gasteiger partial charge in [0.05, 0.1) is 23.5 Å². The van der Waals surface area contributed by atoms with E-state index in [1.807, 2.05) is 6.07 Å². The summed E-state index contributed by atoms with van der Waals surface area (Å²) < 4.78 is 13.6. The van der Waals surface area contributed by atoms with Crippen LogP contribution in [-0.2, 0) is 0 Å². The molecule has 1 aromatic heterocycles. The Labute approximate surface area is 131 Å². The number of halogens is 1. The fourth-order valence-electron chi connectivity index (χ4n) is 1.88. The van der Waals surface area contributed by atoms with Gasteiger partial charge in [-0.05, 0) is 36.4 Å². The lowest BCUT2D eigenvalue weighted by Crippen LogP contribution is -2.03. The monoisotopic (exact) mass is 306 g/mol. The largest absolute Gasteiger partial charge is 0.339 e. The van der Waals surface area contributed by atoms with Gasteiger partial charge in [0, 0.05) is 5.69 Å². The second kappa shape index (κ2) is 6.49. The van der Waals surface area contributed by atoms with E-state index in [-0.39, 0.29) is 11.6 Å². The highest BCUT2D eigenvalue weighted by Crippen LogP contribution is 2.19. The van der Waals surface area contributed by atoms with Crippen LogP contribution in [-0.4, -0.2) is 15.2 Å². The van der Waals surface area contributed by atoms with Crippen LogP contribution in [0.5, 0.6) is 0 Å². The molecule has 0 fully saturated rings. The molecule has 3 rings (SSSR count). The van der Waals surface area contributed by atoms with Crippen LogP contribution in [0, 0.1) is 17.1 Å². The third-order valence-electron chi connectivity index (χ3n) is 2.97. The number of anilines is 4. The minimum Gasteiger partial charge on any atom is -0.339 e. The molecule has 3 aromatic rings. The quantitative estimate of drug-likeness (QED) is 0.768. The van der Waals surface area contributed by atoms with Gasteiger partial charge in [-0.3, -0.25) is 0 Å². The minimum atomic E-state index is -0.401. The van der Waals surface area contributed by atoms with Gasteiger partial charge in [0.15, 0.2) is 5.82 Å². The molecule has 0 spiro atoms. The summed E-state index contributed by atoms with van der Waals surface area (Å²) in [6.45, 7) is 0. The van der Waals surface area contributed by atoms with Crippen molar-refractivity contribution in [1.82, 2.24) is 15.2 Å². The van der Waals surface area contributed by atoms with Crippen LogP contribution in [0.2, 0.25) is 0 Å². The van der Waals surface area contributed by atoms with Crippen LogP contribution in [0.3, 0.4) is 0 Å². The molecular formula is C16H11FN6. The van der Waals surface area contributed by atoms with Gasteiger partial charge in [-0.25, -0.2) is 4.39 Å². The Hall–Kier alpha value is -3.53. The molecule has 7 heteroatoms. The lowest BCUT2D eigenvalue weighted by atomic mass is 10.2. The van der Waals surface area contributed by atoms with Gasteiger partial charge in [0.1, 0.15) is 5.82 Å². The molecule has 6 nitrogen and oxygen atoms in total. The number of nitrogens with one attached hydrogen (secondary N) is 2. The Bertz CT molecular complexity index is 857. The summed E-state index contributed by atoms with van der Waals surface area (Å²) in [5.74, 6) is 0.221. The molecule has 1 heterocycles. The van der Waals surface area contributed by atoms with E-state index in [1.165, 1.54) is 12.3 Å². The van der Waals surface area contributed by atoms with Crippen LogP contribution in [0.1, 0.15) is 5.56 Å². The first-order valence-corrected chi connectivity index (χ1v) is 6.73. The summed E-state index contributed by atoms with van der Waals surface area (Å²) in [5, 5.41) is 22.2. The van der Waals surface area contributed by atoms with E-state index in [4.69, 9.17) is 5.26 Å². The van der Waals surface area contributed by atoms with Crippen molar-refractivity contribution < 1.29 is 4.39 Å². The fourth-order valence-corrected chi connectivity index (χ4v) is 1.88. The summed E-state index contributed by atoms with van der Waals surface area (Å²) in [4.78, 5) is 4.22. The Morgan fingerprint density at radius 1 is 1.00 bits per heavy atom. The summed E-state index contributed by atoms with van der Waals surface area (Å²) in [6.07, 6.45) is 1.45. The lowest BCUT2D eigenvalue weighted by molar-refractivity contribution is 0.631. The van der Waals surface area contributed by atoms with Gasteiger partial charge in [-0.15, -0.1) is 5.10 Å². The van der Waals surface area contributed by atoms with Crippen LogP contribution in [0.4, 0.5) is 27.5 Å². The first-order chi connectivity index (χ1) is 11.2. The highest BCUT2D eigenvalue weighted by atomic mass is 19.1. The van der Waals surface area contributed by atoms with Crippen molar-refractivity contribution in [3.8, 4) is 6.07 Å². The van der Waals surface area contributed by atoms with Crippen molar-refractivity contribution in [3.05, 3.63) is 66.1 Å². The van der Waals surface area contributed by atoms with E-state index in [1.54, 1.807) is 42.5 Å². The van der Waals surface area contributed by atoms with E-state index in [9.17, 15) is 4.39 Å². The standard InChI is InChI=1S/C16H11FN6/c17-13-3-1-2-4-14(13)21-16-22-15(10-19-23-16)20-12-7-5-11(9-18)6-8-12/h1-8,10H,(H2,20,21,22,23). The van der Waals surface area contributed by atoms with Crippen molar-refractivity contribution in [2.45, 2.75) is 0 Å². The summed E-state index contributed by atoms with van der Waals surface area (Å²) in [6, 6.07) is 15.2. The molecule has 112 valence electrons. The Morgan fingerprint density at radius 3 is 2.52 bits per heavy atom. The third kappa shape index (κ3) is 3.57. The van der Waals surface area contributed by atoms with Crippen molar-refractivity contribution in [2.75, 3.05) is 10.6 Å². The minimum absolute atomic E-state index is 0.175. The maximum absolute atomic E-state index is 13.6. The van der Waals surface area contributed by atoms with Crippen molar-refractivity contribution in [2.24, 2.45) is 0 Å². The number of hydrogen-bond acceptors (Lipinski definition) is 6. The zero-order chi connectivity index (χ0) is 16.1. The predicted octanol–water partition coefficient (Wildman–Crippen LogP) is 3.37. The van der Waals surface area contributed by atoms with Crippen molar-refractivity contribution >= 4 is 23.1 Å². The summed E-state index contributed by atoms with van der Waals surface area (Å²) in [7, 11) is 0. The molecule has 2 N–H and O–H groups in total. The normalized spacial score (nSPS) is 9.91. The average molecular weight is 306 g/mol. The van der Waals surface area contributed by atoms with E-state index in [0.29, 0.717) is 11.4 Å². The zero-order valence-corrected chi connectivity index (χ0v) is 11.9. The lowest BCUT2D eigenvalue weighted by Gasteiger charge is -2.08. The van der Waals surface area contributed by atoms with Crippen LogP contribution < -0.4 is 10.6 Å². The number of rotatable bonds is 4. The first kappa shape index (κ1) is 14.4. The van der Waals surface area contributed by atoms with Gasteiger partial charge < -0.3 is 10.6 Å². The second-order valence-corrected chi connectivity index (χ2v) is 4.58. The smallest absolute Gasteiger partial charge is 0.249 e.